The van der Waals surface area contributed by atoms with Crippen LogP contribution in [0.4, 0.5) is 17.6 Å². The van der Waals surface area contributed by atoms with Crippen LogP contribution in [-0.2, 0) is 23.9 Å². The summed E-state index contributed by atoms with van der Waals surface area (Å²) in [5.74, 6) is 0.257. The maximum atomic E-state index is 14.5. The molecule has 2 aliphatic rings. The smallest absolute Gasteiger partial charge is 0.416 e. The zero-order valence-electron chi connectivity index (χ0n) is 25.7. The largest absolute Gasteiger partial charge is 0.493 e. The van der Waals surface area contributed by atoms with E-state index in [0.29, 0.717) is 69.2 Å². The molecule has 0 aromatic heterocycles. The van der Waals surface area contributed by atoms with E-state index >= 15 is 0 Å². The third-order valence-electron chi connectivity index (χ3n) is 9.08. The molecule has 0 spiro atoms. The van der Waals surface area contributed by atoms with Crippen LogP contribution in [0.15, 0.2) is 66.7 Å². The monoisotopic (exact) mass is 626 g/mol. The van der Waals surface area contributed by atoms with Crippen LogP contribution >= 0.6 is 0 Å². The molecular formula is C35H42F4N4O2. The molecule has 6 nitrogen and oxygen atoms in total. The molecule has 2 aliphatic heterocycles. The summed E-state index contributed by atoms with van der Waals surface area (Å²) in [6, 6.07) is 17.7. The Kier molecular flexibility index (Phi) is 10.8. The highest BCUT2D eigenvalue weighted by atomic mass is 19.4. The molecular weight excluding hydrogens is 584 g/mol. The number of hydrogen-bond donors (Lipinski definition) is 1. The molecule has 5 rings (SSSR count). The number of benzene rings is 3. The number of rotatable bonds is 10. The number of hydrogen-bond acceptors (Lipinski definition) is 5. The second-order valence-corrected chi connectivity index (χ2v) is 11.9. The van der Waals surface area contributed by atoms with E-state index in [2.05, 4.69) is 9.80 Å². The first kappa shape index (κ1) is 32.9. The number of ether oxygens (including phenoxy) is 1. The molecule has 0 saturated carbocycles. The van der Waals surface area contributed by atoms with Crippen molar-refractivity contribution in [1.82, 2.24) is 14.7 Å². The van der Waals surface area contributed by atoms with Crippen LogP contribution in [0.2, 0.25) is 0 Å². The van der Waals surface area contributed by atoms with E-state index in [9.17, 15) is 22.4 Å². The Morgan fingerprint density at radius 3 is 2.31 bits per heavy atom. The molecule has 1 amide bonds. The highest BCUT2D eigenvalue weighted by Crippen LogP contribution is 2.34. The maximum Gasteiger partial charge on any atom is 0.416 e. The van der Waals surface area contributed by atoms with Gasteiger partial charge in [0.25, 0.3) is 0 Å². The van der Waals surface area contributed by atoms with Gasteiger partial charge in [-0.25, -0.2) is 4.39 Å². The molecule has 10 heteroatoms. The summed E-state index contributed by atoms with van der Waals surface area (Å²) in [6.45, 7) is 7.17. The summed E-state index contributed by atoms with van der Waals surface area (Å²) in [5, 5.41) is 0. The summed E-state index contributed by atoms with van der Waals surface area (Å²) in [5.41, 5.74) is 8.79. The van der Waals surface area contributed by atoms with E-state index in [-0.39, 0.29) is 17.6 Å². The summed E-state index contributed by atoms with van der Waals surface area (Å²) in [7, 11) is 0. The minimum Gasteiger partial charge on any atom is -0.493 e. The van der Waals surface area contributed by atoms with Crippen molar-refractivity contribution < 1.29 is 27.1 Å². The van der Waals surface area contributed by atoms with E-state index in [1.54, 1.807) is 18.2 Å². The number of carbonyl (C=O) groups excluding carboxylic acids is 1. The van der Waals surface area contributed by atoms with E-state index in [4.69, 9.17) is 10.5 Å². The quantitative estimate of drug-likeness (QED) is 0.287. The van der Waals surface area contributed by atoms with Crippen molar-refractivity contribution >= 4 is 5.91 Å². The maximum absolute atomic E-state index is 14.5. The van der Waals surface area contributed by atoms with Gasteiger partial charge in [-0.2, -0.15) is 13.2 Å². The van der Waals surface area contributed by atoms with Crippen molar-refractivity contribution in [3.8, 4) is 16.9 Å². The van der Waals surface area contributed by atoms with Crippen molar-refractivity contribution in [1.29, 1.82) is 0 Å². The molecule has 2 saturated heterocycles. The SMILES string of the molecule is CCOc1cccc(F)c1CN1CCN(C(=O)[C@H](N)C2CCN(CCc3cc(C(F)(F)F)ccc3-c3ccccc3)CC2)CC1. The van der Waals surface area contributed by atoms with Gasteiger partial charge in [0.2, 0.25) is 5.91 Å². The number of amides is 1. The minimum atomic E-state index is -4.40. The molecule has 45 heavy (non-hydrogen) atoms. The third-order valence-corrected chi connectivity index (χ3v) is 9.08. The molecule has 3 aromatic rings. The van der Waals surface area contributed by atoms with Gasteiger partial charge in [-0.05, 0) is 86.1 Å². The Bertz CT molecular complexity index is 1420. The topological polar surface area (TPSA) is 62.0 Å². The molecule has 3 aromatic carbocycles. The number of carbonyl (C=O) groups is 1. The second-order valence-electron chi connectivity index (χ2n) is 11.9. The van der Waals surface area contributed by atoms with Gasteiger partial charge in [0, 0.05) is 44.8 Å². The predicted octanol–water partition coefficient (Wildman–Crippen LogP) is 5.84. The standard InChI is InChI=1S/C35H42F4N4O2/c1-2-45-32-10-6-9-31(36)30(32)24-42-19-21-43(22-20-42)34(44)33(40)26-13-16-41(17-14-26)18-15-27-23-28(35(37,38)39)11-12-29(27)25-7-4-3-5-8-25/h3-12,23,26,33H,2,13-22,24,40H2,1H3/t33-/m1/s1. The molecule has 0 radical (unpaired) electrons. The van der Waals surface area contributed by atoms with Crippen LogP contribution in [0.1, 0.15) is 36.5 Å². The Balaban J connectivity index is 1.11. The van der Waals surface area contributed by atoms with Crippen LogP contribution in [0.3, 0.4) is 0 Å². The second kappa shape index (κ2) is 14.7. The average molecular weight is 627 g/mol. The molecule has 0 aliphatic carbocycles. The summed E-state index contributed by atoms with van der Waals surface area (Å²) < 4.78 is 60.6. The van der Waals surface area contributed by atoms with Crippen LogP contribution in [0, 0.1) is 11.7 Å². The molecule has 0 unspecified atom stereocenters. The molecule has 1 atom stereocenters. The molecule has 0 bridgehead atoms. The zero-order valence-corrected chi connectivity index (χ0v) is 25.7. The van der Waals surface area contributed by atoms with E-state index in [0.717, 1.165) is 43.1 Å². The lowest BCUT2D eigenvalue weighted by molar-refractivity contribution is -0.138. The lowest BCUT2D eigenvalue weighted by Crippen LogP contribution is -2.55. The first-order valence-corrected chi connectivity index (χ1v) is 15.8. The van der Waals surface area contributed by atoms with Gasteiger partial charge in [-0.15, -0.1) is 0 Å². The van der Waals surface area contributed by atoms with Crippen LogP contribution in [0.25, 0.3) is 11.1 Å². The third kappa shape index (κ3) is 8.23. The minimum absolute atomic E-state index is 0.0485. The molecule has 2 heterocycles. The van der Waals surface area contributed by atoms with Gasteiger partial charge < -0.3 is 20.3 Å². The zero-order chi connectivity index (χ0) is 32.0. The van der Waals surface area contributed by atoms with Gasteiger partial charge in [0.1, 0.15) is 11.6 Å². The van der Waals surface area contributed by atoms with Crippen molar-refractivity contribution in [2.24, 2.45) is 11.7 Å². The fourth-order valence-electron chi connectivity index (χ4n) is 6.44. The normalized spacial score (nSPS) is 17.8. The highest BCUT2D eigenvalue weighted by Gasteiger charge is 2.34. The number of alkyl halides is 3. The number of nitrogens with two attached hydrogens (primary N) is 1. The fourth-order valence-corrected chi connectivity index (χ4v) is 6.44. The van der Waals surface area contributed by atoms with Crippen molar-refractivity contribution in [3.05, 3.63) is 89.2 Å². The Morgan fingerprint density at radius 2 is 1.64 bits per heavy atom. The number of piperazine rings is 1. The predicted molar refractivity (Wildman–Crippen MR) is 167 cm³/mol. The van der Waals surface area contributed by atoms with E-state index in [1.807, 2.05) is 42.2 Å². The van der Waals surface area contributed by atoms with Gasteiger partial charge in [-0.1, -0.05) is 42.5 Å². The Labute approximate surface area is 262 Å². The van der Waals surface area contributed by atoms with E-state index < -0.39 is 17.8 Å². The van der Waals surface area contributed by atoms with Crippen molar-refractivity contribution in [3.63, 3.8) is 0 Å². The molecule has 2 fully saturated rings. The molecule has 242 valence electrons. The van der Waals surface area contributed by atoms with Crippen LogP contribution in [-0.4, -0.2) is 79.1 Å². The van der Waals surface area contributed by atoms with Crippen LogP contribution in [0.5, 0.6) is 5.75 Å². The van der Waals surface area contributed by atoms with Crippen LogP contribution < -0.4 is 10.5 Å². The first-order valence-electron chi connectivity index (χ1n) is 15.8. The first-order chi connectivity index (χ1) is 21.6. The number of likely N-dealkylation sites (tertiary alicyclic amines) is 1. The lowest BCUT2D eigenvalue weighted by atomic mass is 9.88. The summed E-state index contributed by atoms with van der Waals surface area (Å²) in [6.07, 6.45) is -2.39. The molecule has 2 N–H and O–H groups in total. The number of halogens is 4. The fraction of sp³-hybridized carbons (Fsp3) is 0.457. The Morgan fingerprint density at radius 1 is 0.933 bits per heavy atom. The summed E-state index contributed by atoms with van der Waals surface area (Å²) in [4.78, 5) is 19.5. The van der Waals surface area contributed by atoms with E-state index in [1.165, 1.54) is 12.1 Å². The lowest BCUT2D eigenvalue weighted by Gasteiger charge is -2.39. The van der Waals surface area contributed by atoms with Gasteiger partial charge >= 0.3 is 6.18 Å². The van der Waals surface area contributed by atoms with Crippen molar-refractivity contribution in [2.45, 2.75) is 44.9 Å². The average Bonchev–Trinajstić information content (AvgIpc) is 3.05. The van der Waals surface area contributed by atoms with Gasteiger partial charge in [-0.3, -0.25) is 9.69 Å². The Hall–Kier alpha value is -3.47. The number of nitrogens with zero attached hydrogens (tertiary/aromatic N) is 3. The summed E-state index contributed by atoms with van der Waals surface area (Å²) >= 11 is 0. The van der Waals surface area contributed by atoms with Crippen molar-refractivity contribution in [2.75, 3.05) is 52.4 Å². The van der Waals surface area contributed by atoms with Gasteiger partial charge in [0.15, 0.2) is 0 Å². The number of piperidine rings is 1. The highest BCUT2D eigenvalue weighted by molar-refractivity contribution is 5.82. The van der Waals surface area contributed by atoms with Gasteiger partial charge in [0.05, 0.1) is 18.2 Å².